The highest BCUT2D eigenvalue weighted by Crippen LogP contribution is 2.13. The summed E-state index contributed by atoms with van der Waals surface area (Å²) in [6.07, 6.45) is 1.05. The van der Waals surface area contributed by atoms with Crippen LogP contribution in [0.3, 0.4) is 0 Å². The minimum Gasteiger partial charge on any atom is -0.338 e. The van der Waals surface area contributed by atoms with E-state index in [4.69, 9.17) is 0 Å². The number of nitrogens with zero attached hydrogens (tertiary/aromatic N) is 2. The molecule has 0 bridgehead atoms. The van der Waals surface area contributed by atoms with Gasteiger partial charge in [0.25, 0.3) is 0 Å². The standard InChI is InChI=1S/C10H21N3O/c1-10(2,12(3)4)8-13-7-5-6-11-9(13)14/h5-8H2,1-4H3,(H,11,14). The molecule has 1 aliphatic heterocycles. The Hall–Kier alpha value is -0.770. The first-order valence-electron chi connectivity index (χ1n) is 5.14. The van der Waals surface area contributed by atoms with Crippen molar-refractivity contribution in [1.29, 1.82) is 0 Å². The number of carbonyl (C=O) groups excluding carboxylic acids is 1. The van der Waals surface area contributed by atoms with Crippen molar-refractivity contribution < 1.29 is 4.79 Å². The molecule has 82 valence electrons. The van der Waals surface area contributed by atoms with Gasteiger partial charge in [-0.1, -0.05) is 0 Å². The number of hydrogen-bond donors (Lipinski definition) is 1. The molecule has 0 aromatic carbocycles. The van der Waals surface area contributed by atoms with Crippen LogP contribution in [-0.4, -0.2) is 55.1 Å². The topological polar surface area (TPSA) is 35.6 Å². The number of carbonyl (C=O) groups is 1. The van der Waals surface area contributed by atoms with Gasteiger partial charge in [-0.15, -0.1) is 0 Å². The quantitative estimate of drug-likeness (QED) is 0.727. The monoisotopic (exact) mass is 199 g/mol. The molecule has 1 aliphatic rings. The van der Waals surface area contributed by atoms with E-state index in [0.29, 0.717) is 0 Å². The molecule has 0 aromatic heterocycles. The minimum absolute atomic E-state index is 0.0364. The predicted molar refractivity (Wildman–Crippen MR) is 57.4 cm³/mol. The van der Waals surface area contributed by atoms with Gasteiger partial charge in [0.05, 0.1) is 0 Å². The van der Waals surface area contributed by atoms with Crippen molar-refractivity contribution in [3.05, 3.63) is 0 Å². The second-order valence-electron chi connectivity index (χ2n) is 4.71. The Balaban J connectivity index is 2.53. The van der Waals surface area contributed by atoms with Crippen LogP contribution in [0.4, 0.5) is 4.79 Å². The zero-order valence-electron chi connectivity index (χ0n) is 9.63. The molecule has 0 spiro atoms. The van der Waals surface area contributed by atoms with Crippen LogP contribution in [0.15, 0.2) is 0 Å². The third kappa shape index (κ3) is 2.61. The lowest BCUT2D eigenvalue weighted by atomic mass is 10.0. The Labute approximate surface area is 86.2 Å². The van der Waals surface area contributed by atoms with Crippen LogP contribution < -0.4 is 5.32 Å². The van der Waals surface area contributed by atoms with Gasteiger partial charge in [0.1, 0.15) is 0 Å². The van der Waals surface area contributed by atoms with Crippen LogP contribution in [-0.2, 0) is 0 Å². The molecule has 14 heavy (non-hydrogen) atoms. The van der Waals surface area contributed by atoms with E-state index < -0.39 is 0 Å². The highest BCUT2D eigenvalue weighted by Gasteiger charge is 2.27. The molecule has 0 saturated carbocycles. The molecule has 0 radical (unpaired) electrons. The maximum Gasteiger partial charge on any atom is 0.317 e. The highest BCUT2D eigenvalue weighted by molar-refractivity contribution is 5.74. The van der Waals surface area contributed by atoms with Crippen LogP contribution in [0.25, 0.3) is 0 Å². The van der Waals surface area contributed by atoms with Crippen molar-refractivity contribution in [3.8, 4) is 0 Å². The summed E-state index contributed by atoms with van der Waals surface area (Å²) < 4.78 is 0. The van der Waals surface area contributed by atoms with Crippen LogP contribution in [0.2, 0.25) is 0 Å². The van der Waals surface area contributed by atoms with Crippen molar-refractivity contribution in [2.45, 2.75) is 25.8 Å². The molecule has 4 nitrogen and oxygen atoms in total. The molecule has 0 atom stereocenters. The molecule has 1 N–H and O–H groups in total. The summed E-state index contributed by atoms with van der Waals surface area (Å²) in [6, 6.07) is 0.0752. The summed E-state index contributed by atoms with van der Waals surface area (Å²) in [4.78, 5) is 15.5. The summed E-state index contributed by atoms with van der Waals surface area (Å²) in [5.41, 5.74) is 0.0364. The average molecular weight is 199 g/mol. The Bertz CT molecular complexity index is 213. The van der Waals surface area contributed by atoms with Crippen molar-refractivity contribution in [3.63, 3.8) is 0 Å². The summed E-state index contributed by atoms with van der Waals surface area (Å²) in [5, 5.41) is 2.86. The van der Waals surface area contributed by atoms with Crippen LogP contribution >= 0.6 is 0 Å². The minimum atomic E-state index is 0.0364. The van der Waals surface area contributed by atoms with Gasteiger partial charge in [-0.05, 0) is 34.4 Å². The first kappa shape index (κ1) is 11.3. The van der Waals surface area contributed by atoms with Gasteiger partial charge in [-0.25, -0.2) is 4.79 Å². The fourth-order valence-electron chi connectivity index (χ4n) is 1.44. The van der Waals surface area contributed by atoms with Crippen molar-refractivity contribution in [1.82, 2.24) is 15.1 Å². The molecule has 4 heteroatoms. The largest absolute Gasteiger partial charge is 0.338 e. The zero-order valence-corrected chi connectivity index (χ0v) is 9.63. The van der Waals surface area contributed by atoms with Gasteiger partial charge in [0.15, 0.2) is 0 Å². The van der Waals surface area contributed by atoms with E-state index in [1.807, 2.05) is 19.0 Å². The number of hydrogen-bond acceptors (Lipinski definition) is 2. The molecular weight excluding hydrogens is 178 g/mol. The molecule has 0 unspecified atom stereocenters. The van der Waals surface area contributed by atoms with E-state index in [2.05, 4.69) is 24.1 Å². The lowest BCUT2D eigenvalue weighted by molar-refractivity contribution is 0.119. The van der Waals surface area contributed by atoms with E-state index >= 15 is 0 Å². The van der Waals surface area contributed by atoms with E-state index in [9.17, 15) is 4.79 Å². The number of amides is 2. The first-order valence-corrected chi connectivity index (χ1v) is 5.14. The Morgan fingerprint density at radius 3 is 2.64 bits per heavy atom. The summed E-state index contributed by atoms with van der Waals surface area (Å²) in [7, 11) is 4.09. The molecular formula is C10H21N3O. The van der Waals surface area contributed by atoms with Crippen LogP contribution in [0.1, 0.15) is 20.3 Å². The molecule has 0 aliphatic carbocycles. The van der Waals surface area contributed by atoms with Gasteiger partial charge >= 0.3 is 6.03 Å². The number of rotatable bonds is 3. The third-order valence-corrected chi connectivity index (χ3v) is 2.96. The third-order valence-electron chi connectivity index (χ3n) is 2.96. The van der Waals surface area contributed by atoms with Gasteiger partial charge in [-0.3, -0.25) is 0 Å². The molecule has 2 amide bonds. The SMILES string of the molecule is CN(C)C(C)(C)CN1CCCNC1=O. The maximum absolute atomic E-state index is 11.5. The van der Waals surface area contributed by atoms with Crippen molar-refractivity contribution in [2.24, 2.45) is 0 Å². The molecule has 1 heterocycles. The average Bonchev–Trinajstić information content (AvgIpc) is 2.08. The zero-order chi connectivity index (χ0) is 10.8. The number of urea groups is 1. The normalized spacial score (nSPS) is 18.6. The van der Waals surface area contributed by atoms with Gasteiger partial charge in [0, 0.05) is 25.2 Å². The lowest BCUT2D eigenvalue weighted by Crippen LogP contribution is -2.55. The second-order valence-corrected chi connectivity index (χ2v) is 4.71. The van der Waals surface area contributed by atoms with E-state index in [1.165, 1.54) is 0 Å². The van der Waals surface area contributed by atoms with E-state index in [0.717, 1.165) is 26.1 Å². The molecule has 0 aromatic rings. The Morgan fingerprint density at radius 2 is 2.14 bits per heavy atom. The van der Waals surface area contributed by atoms with Gasteiger partial charge in [0.2, 0.25) is 0 Å². The van der Waals surface area contributed by atoms with Gasteiger partial charge in [-0.2, -0.15) is 0 Å². The first-order chi connectivity index (χ1) is 6.43. The highest BCUT2D eigenvalue weighted by atomic mass is 16.2. The van der Waals surface area contributed by atoms with Crippen molar-refractivity contribution in [2.75, 3.05) is 33.7 Å². The summed E-state index contributed by atoms with van der Waals surface area (Å²) in [5.74, 6) is 0. The second kappa shape index (κ2) is 4.17. The van der Waals surface area contributed by atoms with Crippen LogP contribution in [0, 0.1) is 0 Å². The van der Waals surface area contributed by atoms with E-state index in [-0.39, 0.29) is 11.6 Å². The fourth-order valence-corrected chi connectivity index (χ4v) is 1.44. The molecule has 1 rings (SSSR count). The predicted octanol–water partition coefficient (Wildman–Crippen LogP) is 0.742. The Kier molecular flexibility index (Phi) is 3.37. The van der Waals surface area contributed by atoms with Gasteiger partial charge < -0.3 is 15.1 Å². The summed E-state index contributed by atoms with van der Waals surface area (Å²) in [6.45, 7) is 6.77. The maximum atomic E-state index is 11.5. The number of nitrogens with one attached hydrogen (secondary N) is 1. The number of likely N-dealkylation sites (N-methyl/N-ethyl adjacent to an activating group) is 1. The van der Waals surface area contributed by atoms with E-state index in [1.54, 1.807) is 0 Å². The lowest BCUT2D eigenvalue weighted by Gasteiger charge is -2.39. The summed E-state index contributed by atoms with van der Waals surface area (Å²) >= 11 is 0. The van der Waals surface area contributed by atoms with Crippen LogP contribution in [0.5, 0.6) is 0 Å². The van der Waals surface area contributed by atoms with Crippen molar-refractivity contribution >= 4 is 6.03 Å². The molecule has 1 saturated heterocycles. The Morgan fingerprint density at radius 1 is 1.50 bits per heavy atom. The fraction of sp³-hybridized carbons (Fsp3) is 0.900. The smallest absolute Gasteiger partial charge is 0.317 e. The molecule has 1 fully saturated rings.